The first kappa shape index (κ1) is 20.1. The number of nitro groups is 1. The molecule has 0 spiro atoms. The molecule has 9 nitrogen and oxygen atoms in total. The lowest BCUT2D eigenvalue weighted by atomic mass is 10.1. The molecule has 1 aromatic carbocycles. The van der Waals surface area contributed by atoms with Crippen molar-refractivity contribution in [3.8, 4) is 5.95 Å². The second-order valence-corrected chi connectivity index (χ2v) is 6.66. The van der Waals surface area contributed by atoms with Gasteiger partial charge in [0.05, 0.1) is 17.0 Å². The summed E-state index contributed by atoms with van der Waals surface area (Å²) in [4.78, 5) is 31.3. The van der Waals surface area contributed by atoms with Gasteiger partial charge in [-0.25, -0.2) is 14.6 Å². The molecule has 150 valence electrons. The smallest absolute Gasteiger partial charge is 0.306 e. The summed E-state index contributed by atoms with van der Waals surface area (Å²) < 4.78 is 15.0. The average molecular weight is 398 g/mol. The fraction of sp³-hybridized carbons (Fsp3) is 0.263. The van der Waals surface area contributed by atoms with Gasteiger partial charge in [-0.05, 0) is 45.9 Å². The zero-order valence-corrected chi connectivity index (χ0v) is 16.4. The SMILES string of the molecule is Cc1cc(C)nc(-n2nc(C)c(CC(=O)Nc3ccc(F)c([N+](=O)[O-])c3)c2C)n1. The van der Waals surface area contributed by atoms with E-state index in [0.29, 0.717) is 22.9 Å². The van der Waals surface area contributed by atoms with Crippen molar-refractivity contribution in [2.24, 2.45) is 0 Å². The van der Waals surface area contributed by atoms with Gasteiger partial charge in [0.25, 0.3) is 5.95 Å². The number of aromatic nitrogens is 4. The van der Waals surface area contributed by atoms with Gasteiger partial charge < -0.3 is 5.32 Å². The molecule has 3 rings (SSSR count). The summed E-state index contributed by atoms with van der Waals surface area (Å²) in [5, 5.41) is 17.9. The Morgan fingerprint density at radius 2 is 1.83 bits per heavy atom. The minimum Gasteiger partial charge on any atom is -0.326 e. The summed E-state index contributed by atoms with van der Waals surface area (Å²) in [7, 11) is 0. The first-order valence-electron chi connectivity index (χ1n) is 8.77. The zero-order chi connectivity index (χ0) is 21.3. The van der Waals surface area contributed by atoms with Gasteiger partial charge in [0.2, 0.25) is 11.7 Å². The molecule has 0 bridgehead atoms. The number of nitrogens with one attached hydrogen (secondary N) is 1. The van der Waals surface area contributed by atoms with Crippen LogP contribution in [-0.4, -0.2) is 30.6 Å². The number of nitrogens with zero attached hydrogens (tertiary/aromatic N) is 5. The van der Waals surface area contributed by atoms with E-state index in [-0.39, 0.29) is 12.1 Å². The molecule has 2 heterocycles. The molecular weight excluding hydrogens is 379 g/mol. The fourth-order valence-corrected chi connectivity index (χ4v) is 3.02. The summed E-state index contributed by atoms with van der Waals surface area (Å²) in [5.74, 6) is -0.948. The van der Waals surface area contributed by atoms with Crippen molar-refractivity contribution in [3.63, 3.8) is 0 Å². The van der Waals surface area contributed by atoms with Gasteiger partial charge in [0.1, 0.15) is 0 Å². The Kier molecular flexibility index (Phi) is 5.35. The van der Waals surface area contributed by atoms with Crippen molar-refractivity contribution < 1.29 is 14.1 Å². The number of hydrogen-bond donors (Lipinski definition) is 1. The monoisotopic (exact) mass is 398 g/mol. The predicted octanol–water partition coefficient (Wildman–Crippen LogP) is 3.12. The fourth-order valence-electron chi connectivity index (χ4n) is 3.02. The summed E-state index contributed by atoms with van der Waals surface area (Å²) in [6, 6.07) is 5.05. The largest absolute Gasteiger partial charge is 0.326 e. The highest BCUT2D eigenvalue weighted by atomic mass is 19.1. The number of nitro benzene ring substituents is 1. The third kappa shape index (κ3) is 4.26. The van der Waals surface area contributed by atoms with E-state index in [0.717, 1.165) is 23.5 Å². The molecule has 1 N–H and O–H groups in total. The molecule has 10 heteroatoms. The van der Waals surface area contributed by atoms with Crippen molar-refractivity contribution in [2.45, 2.75) is 34.1 Å². The Hall–Kier alpha value is -3.69. The Labute approximate surface area is 165 Å². The van der Waals surface area contributed by atoms with Crippen LogP contribution in [-0.2, 0) is 11.2 Å². The average Bonchev–Trinajstić information content (AvgIpc) is 2.90. The van der Waals surface area contributed by atoms with E-state index in [9.17, 15) is 19.3 Å². The van der Waals surface area contributed by atoms with Crippen LogP contribution in [0.25, 0.3) is 5.95 Å². The maximum atomic E-state index is 13.5. The van der Waals surface area contributed by atoms with E-state index in [4.69, 9.17) is 0 Å². The Morgan fingerprint density at radius 1 is 1.17 bits per heavy atom. The molecule has 0 unspecified atom stereocenters. The molecule has 0 aliphatic heterocycles. The predicted molar refractivity (Wildman–Crippen MR) is 103 cm³/mol. The van der Waals surface area contributed by atoms with E-state index in [1.807, 2.05) is 26.8 Å². The number of rotatable bonds is 5. The first-order chi connectivity index (χ1) is 13.7. The summed E-state index contributed by atoms with van der Waals surface area (Å²) in [5.41, 5.74) is 3.10. The number of carbonyl (C=O) groups excluding carboxylic acids is 1. The van der Waals surface area contributed by atoms with E-state index in [2.05, 4.69) is 20.4 Å². The minimum atomic E-state index is -0.964. The maximum absolute atomic E-state index is 13.5. The van der Waals surface area contributed by atoms with Crippen molar-refractivity contribution in [1.82, 2.24) is 19.7 Å². The lowest BCUT2D eigenvalue weighted by Crippen LogP contribution is -2.16. The number of aryl methyl sites for hydroxylation is 3. The molecule has 29 heavy (non-hydrogen) atoms. The van der Waals surface area contributed by atoms with Crippen molar-refractivity contribution in [3.05, 3.63) is 68.5 Å². The van der Waals surface area contributed by atoms with E-state index >= 15 is 0 Å². The Bertz CT molecular complexity index is 1110. The van der Waals surface area contributed by atoms with E-state index < -0.39 is 22.3 Å². The number of halogens is 1. The van der Waals surface area contributed by atoms with Crippen molar-refractivity contribution in [1.29, 1.82) is 0 Å². The van der Waals surface area contributed by atoms with E-state index in [1.165, 1.54) is 6.07 Å². The number of anilines is 1. The highest BCUT2D eigenvalue weighted by molar-refractivity contribution is 5.92. The summed E-state index contributed by atoms with van der Waals surface area (Å²) >= 11 is 0. The quantitative estimate of drug-likeness (QED) is 0.521. The molecule has 2 aromatic heterocycles. The summed E-state index contributed by atoms with van der Waals surface area (Å²) in [6.07, 6.45) is -0.00631. The number of benzene rings is 1. The Morgan fingerprint density at radius 3 is 2.45 bits per heavy atom. The van der Waals surface area contributed by atoms with Crippen LogP contribution in [0.4, 0.5) is 15.8 Å². The summed E-state index contributed by atoms with van der Waals surface area (Å²) in [6.45, 7) is 7.31. The molecule has 1 amide bonds. The second-order valence-electron chi connectivity index (χ2n) is 6.66. The highest BCUT2D eigenvalue weighted by Crippen LogP contribution is 2.22. The van der Waals surface area contributed by atoms with Crippen LogP contribution in [0, 0.1) is 43.6 Å². The second kappa shape index (κ2) is 7.74. The van der Waals surface area contributed by atoms with Gasteiger partial charge in [0.15, 0.2) is 0 Å². The third-order valence-electron chi connectivity index (χ3n) is 4.37. The molecule has 0 radical (unpaired) electrons. The normalized spacial score (nSPS) is 10.8. The molecular formula is C19H19FN6O3. The van der Waals surface area contributed by atoms with Crippen LogP contribution in [0.3, 0.4) is 0 Å². The molecule has 0 atom stereocenters. The zero-order valence-electron chi connectivity index (χ0n) is 16.4. The maximum Gasteiger partial charge on any atom is 0.306 e. The van der Waals surface area contributed by atoms with Gasteiger partial charge in [-0.1, -0.05) is 0 Å². The minimum absolute atomic E-state index is 0.00631. The first-order valence-corrected chi connectivity index (χ1v) is 8.77. The Balaban J connectivity index is 1.84. The van der Waals surface area contributed by atoms with E-state index in [1.54, 1.807) is 11.6 Å². The molecule has 0 saturated carbocycles. The lowest BCUT2D eigenvalue weighted by Gasteiger charge is -2.07. The molecule has 0 aliphatic carbocycles. The highest BCUT2D eigenvalue weighted by Gasteiger charge is 2.19. The number of carbonyl (C=O) groups is 1. The van der Waals surface area contributed by atoms with Crippen LogP contribution in [0.15, 0.2) is 24.3 Å². The van der Waals surface area contributed by atoms with Crippen molar-refractivity contribution >= 4 is 17.3 Å². The van der Waals surface area contributed by atoms with Gasteiger partial charge in [-0.3, -0.25) is 14.9 Å². The standard InChI is InChI=1S/C19H19FN6O3/c1-10-7-11(2)22-19(21-10)25-13(4)15(12(3)24-25)9-18(27)23-14-5-6-16(20)17(8-14)26(28)29/h5-8H,9H2,1-4H3,(H,23,27). The molecule has 0 fully saturated rings. The van der Waals surface area contributed by atoms with Crippen LogP contribution >= 0.6 is 0 Å². The van der Waals surface area contributed by atoms with Gasteiger partial charge in [0, 0.05) is 34.4 Å². The van der Waals surface area contributed by atoms with Crippen LogP contribution in [0.5, 0.6) is 0 Å². The van der Waals surface area contributed by atoms with Gasteiger partial charge >= 0.3 is 5.69 Å². The van der Waals surface area contributed by atoms with Crippen LogP contribution in [0.1, 0.15) is 28.3 Å². The third-order valence-corrected chi connectivity index (χ3v) is 4.37. The number of amides is 1. The van der Waals surface area contributed by atoms with Crippen LogP contribution in [0.2, 0.25) is 0 Å². The molecule has 0 aliphatic rings. The van der Waals surface area contributed by atoms with Gasteiger partial charge in [-0.2, -0.15) is 9.49 Å². The van der Waals surface area contributed by atoms with Crippen molar-refractivity contribution in [2.75, 3.05) is 5.32 Å². The van der Waals surface area contributed by atoms with Crippen LogP contribution < -0.4 is 5.32 Å². The lowest BCUT2D eigenvalue weighted by molar-refractivity contribution is -0.387. The molecule has 0 saturated heterocycles. The van der Waals surface area contributed by atoms with Gasteiger partial charge in [-0.15, -0.1) is 0 Å². The molecule has 3 aromatic rings. The topological polar surface area (TPSA) is 116 Å². The number of hydrogen-bond acceptors (Lipinski definition) is 6.